The molecule has 4 rings (SSSR count). The SMILES string of the molecule is CC[C@H]1OC(=O)[C@H](C)C(=O)[C@H](C)[C@@H](O[C@H]2O[C@@H](C)C[C@@H](N(C)C)[C@@H]2O)[C@](C)(OC)C[C@@H](C)C(=O)[C@H](C)[C@@H](OC(=O)NCCCn2cc(-c3ccccc3)nn2)[C@]1(C)O. The van der Waals surface area contributed by atoms with Crippen LogP contribution in [0.3, 0.4) is 0 Å². The van der Waals surface area contributed by atoms with Gasteiger partial charge in [-0.25, -0.2) is 4.79 Å². The van der Waals surface area contributed by atoms with Crippen molar-refractivity contribution in [3.63, 3.8) is 0 Å². The average molecular weight is 816 g/mol. The minimum atomic E-state index is -2.06. The Labute approximate surface area is 342 Å². The molecule has 2 aliphatic rings. The number of likely N-dealkylation sites (N-methyl/N-ethyl adjacent to an activating group) is 1. The molecule has 16 nitrogen and oxygen atoms in total. The Kier molecular flexibility index (Phi) is 16.1. The van der Waals surface area contributed by atoms with E-state index in [1.807, 2.05) is 62.4 Å². The zero-order chi connectivity index (χ0) is 43.1. The van der Waals surface area contributed by atoms with Gasteiger partial charge >= 0.3 is 12.1 Å². The van der Waals surface area contributed by atoms with E-state index < -0.39 is 83.4 Å². The highest BCUT2D eigenvalue weighted by Gasteiger charge is 2.53. The number of aliphatic hydroxyl groups excluding tert-OH is 1. The molecule has 3 heterocycles. The maximum Gasteiger partial charge on any atom is 0.407 e. The van der Waals surface area contributed by atoms with Crippen molar-refractivity contribution in [1.82, 2.24) is 25.2 Å². The molecule has 0 bridgehead atoms. The lowest BCUT2D eigenvalue weighted by Crippen LogP contribution is -2.60. The van der Waals surface area contributed by atoms with Gasteiger partial charge in [-0.2, -0.15) is 0 Å². The van der Waals surface area contributed by atoms with Gasteiger partial charge in [-0.3, -0.25) is 19.1 Å². The first-order valence-electron chi connectivity index (χ1n) is 20.4. The van der Waals surface area contributed by atoms with E-state index in [1.165, 1.54) is 21.0 Å². The highest BCUT2D eigenvalue weighted by Crippen LogP contribution is 2.39. The molecule has 0 radical (unpaired) electrons. The maximum absolute atomic E-state index is 14.4. The van der Waals surface area contributed by atoms with E-state index in [2.05, 4.69) is 15.6 Å². The number of benzene rings is 1. The van der Waals surface area contributed by atoms with Crippen molar-refractivity contribution < 1.29 is 53.1 Å². The number of alkyl carbamates (subject to hydrolysis) is 1. The topological polar surface area (TPSA) is 201 Å². The van der Waals surface area contributed by atoms with E-state index in [0.29, 0.717) is 19.4 Å². The zero-order valence-electron chi connectivity index (χ0n) is 35.9. The summed E-state index contributed by atoms with van der Waals surface area (Å²) < 4.78 is 32.1. The van der Waals surface area contributed by atoms with Crippen molar-refractivity contribution in [2.45, 2.75) is 142 Å². The summed E-state index contributed by atoms with van der Waals surface area (Å²) >= 11 is 0. The summed E-state index contributed by atoms with van der Waals surface area (Å²) in [5, 5.41) is 34.6. The number of ketones is 2. The predicted octanol–water partition coefficient (Wildman–Crippen LogP) is 3.81. The third kappa shape index (κ3) is 10.9. The summed E-state index contributed by atoms with van der Waals surface area (Å²) in [6.45, 7) is 13.5. The standard InChI is InChI=1S/C42H65N5O11/c1-12-32-42(8,53)37(58-40(52)43-19-16-20-47-23-30(44-45-47)29-17-14-13-15-18-29)26(4)33(48)24(2)22-41(7,54-11)36(27(5)34(49)28(6)38(51)56-32)57-39-35(50)31(46(9)10)21-25(3)55-39/h13-15,17-18,23-28,31-32,35-37,39,50,53H,12,16,19-22H2,1-11H3,(H,43,52)/t24-,25+,26+,27+,28-,31-,32-,35+,36-,37-,39-,41-,42-/m1/s1. The van der Waals surface area contributed by atoms with Gasteiger partial charge < -0.3 is 44.1 Å². The van der Waals surface area contributed by atoms with Crippen LogP contribution in [0.2, 0.25) is 0 Å². The number of hydrogen-bond donors (Lipinski definition) is 3. The number of Topliss-reactive ketones (excluding diaryl/α,β-unsaturated/α-hetero) is 2. The highest BCUT2D eigenvalue weighted by molar-refractivity contribution is 6.00. The summed E-state index contributed by atoms with van der Waals surface area (Å²) in [7, 11) is 5.14. The van der Waals surface area contributed by atoms with Gasteiger partial charge in [0.15, 0.2) is 12.1 Å². The Morgan fingerprint density at radius 2 is 1.69 bits per heavy atom. The number of carbonyl (C=O) groups excluding carboxylic acids is 4. The summed E-state index contributed by atoms with van der Waals surface area (Å²) in [6.07, 6.45) is -4.34. The minimum absolute atomic E-state index is 0.0236. The van der Waals surface area contributed by atoms with Crippen molar-refractivity contribution in [3.8, 4) is 11.3 Å². The Morgan fingerprint density at radius 1 is 1.03 bits per heavy atom. The first-order valence-corrected chi connectivity index (χ1v) is 20.4. The van der Waals surface area contributed by atoms with Crippen LogP contribution in [0.4, 0.5) is 4.79 Å². The van der Waals surface area contributed by atoms with E-state index in [4.69, 9.17) is 23.7 Å². The molecule has 0 aliphatic carbocycles. The third-order valence-corrected chi connectivity index (χ3v) is 11.9. The Bertz CT molecular complexity index is 1690. The summed E-state index contributed by atoms with van der Waals surface area (Å²) in [5.41, 5.74) is -1.76. The van der Waals surface area contributed by atoms with Gasteiger partial charge in [0.25, 0.3) is 0 Å². The fraction of sp³-hybridized carbons (Fsp3) is 0.714. The molecule has 1 aromatic heterocycles. The van der Waals surface area contributed by atoms with Crippen molar-refractivity contribution in [2.75, 3.05) is 27.7 Å². The lowest BCUT2D eigenvalue weighted by Gasteiger charge is -2.47. The molecular formula is C42H65N5O11. The first-order chi connectivity index (χ1) is 27.2. The van der Waals surface area contributed by atoms with E-state index >= 15 is 0 Å². The number of nitrogens with zero attached hydrogens (tertiary/aromatic N) is 4. The average Bonchev–Trinajstić information content (AvgIpc) is 3.67. The number of esters is 1. The van der Waals surface area contributed by atoms with Gasteiger partial charge in [-0.15, -0.1) is 5.10 Å². The number of carbonyl (C=O) groups is 4. The van der Waals surface area contributed by atoms with Crippen LogP contribution in [0, 0.1) is 23.7 Å². The number of nitrogens with one attached hydrogen (secondary N) is 1. The van der Waals surface area contributed by atoms with Crippen LogP contribution < -0.4 is 5.32 Å². The van der Waals surface area contributed by atoms with Crippen LogP contribution in [0.25, 0.3) is 11.3 Å². The quantitative estimate of drug-likeness (QED) is 0.168. The number of rotatable bonds is 11. The van der Waals surface area contributed by atoms with Crippen molar-refractivity contribution >= 4 is 23.6 Å². The maximum atomic E-state index is 14.4. The second kappa shape index (κ2) is 20.0. The molecule has 1 amide bonds. The number of aryl methyl sites for hydroxylation is 1. The first kappa shape index (κ1) is 46.9. The number of amides is 1. The number of ether oxygens (including phenoxy) is 5. The van der Waals surface area contributed by atoms with Crippen LogP contribution in [-0.2, 0) is 44.6 Å². The Hall–Kier alpha value is -3.80. The number of aromatic nitrogens is 3. The van der Waals surface area contributed by atoms with Gasteiger partial charge in [0.1, 0.15) is 41.3 Å². The van der Waals surface area contributed by atoms with Gasteiger partial charge in [0, 0.05) is 43.6 Å². The Balaban J connectivity index is 1.59. The van der Waals surface area contributed by atoms with Crippen molar-refractivity contribution in [2.24, 2.45) is 23.7 Å². The second-order valence-electron chi connectivity index (χ2n) is 16.8. The normalized spacial score (nSPS) is 35.6. The predicted molar refractivity (Wildman–Crippen MR) is 213 cm³/mol. The van der Waals surface area contributed by atoms with Gasteiger partial charge in [-0.1, -0.05) is 63.2 Å². The van der Waals surface area contributed by atoms with E-state index in [9.17, 15) is 29.4 Å². The minimum Gasteiger partial charge on any atom is -0.459 e. The number of cyclic esters (lactones) is 1. The third-order valence-electron chi connectivity index (χ3n) is 11.9. The van der Waals surface area contributed by atoms with Crippen LogP contribution in [-0.4, -0.2) is 136 Å². The molecular weight excluding hydrogens is 750 g/mol. The van der Waals surface area contributed by atoms with Crippen LogP contribution in [0.15, 0.2) is 36.5 Å². The number of methoxy groups -OCH3 is 1. The Morgan fingerprint density at radius 3 is 2.31 bits per heavy atom. The molecule has 0 spiro atoms. The smallest absolute Gasteiger partial charge is 0.407 e. The monoisotopic (exact) mass is 815 g/mol. The molecule has 0 unspecified atom stereocenters. The number of aliphatic hydroxyl groups is 2. The van der Waals surface area contributed by atoms with Crippen LogP contribution in [0.5, 0.6) is 0 Å². The fourth-order valence-electron chi connectivity index (χ4n) is 8.38. The van der Waals surface area contributed by atoms with Crippen LogP contribution in [0.1, 0.15) is 81.1 Å². The van der Waals surface area contributed by atoms with Crippen molar-refractivity contribution in [1.29, 1.82) is 0 Å². The fourth-order valence-corrected chi connectivity index (χ4v) is 8.38. The van der Waals surface area contributed by atoms with Crippen LogP contribution >= 0.6 is 0 Å². The molecule has 2 aromatic rings. The summed E-state index contributed by atoms with van der Waals surface area (Å²) in [6, 6.07) is 9.31. The zero-order valence-corrected chi connectivity index (χ0v) is 35.9. The molecule has 0 saturated carbocycles. The second-order valence-corrected chi connectivity index (χ2v) is 16.8. The molecule has 324 valence electrons. The molecule has 16 heteroatoms. The van der Waals surface area contributed by atoms with E-state index in [0.717, 1.165) is 11.3 Å². The lowest BCUT2D eigenvalue weighted by atomic mass is 9.74. The molecule has 2 saturated heterocycles. The lowest BCUT2D eigenvalue weighted by molar-refractivity contribution is -0.295. The summed E-state index contributed by atoms with van der Waals surface area (Å²) in [5.74, 6) is -6.01. The summed E-state index contributed by atoms with van der Waals surface area (Å²) in [4.78, 5) is 57.6. The molecule has 1 aromatic carbocycles. The largest absolute Gasteiger partial charge is 0.459 e. The molecule has 13 atom stereocenters. The highest BCUT2D eigenvalue weighted by atomic mass is 16.7. The molecule has 3 N–H and O–H groups in total. The molecule has 2 fully saturated rings. The van der Waals surface area contributed by atoms with Gasteiger partial charge in [0.05, 0.1) is 29.9 Å². The molecule has 58 heavy (non-hydrogen) atoms. The van der Waals surface area contributed by atoms with Crippen molar-refractivity contribution in [3.05, 3.63) is 36.5 Å². The van der Waals surface area contributed by atoms with E-state index in [1.54, 1.807) is 39.3 Å². The molecule has 2 aliphatic heterocycles. The van der Waals surface area contributed by atoms with Gasteiger partial charge in [-0.05, 0) is 67.5 Å². The van der Waals surface area contributed by atoms with Gasteiger partial charge in [0.2, 0.25) is 0 Å². The van der Waals surface area contributed by atoms with E-state index in [-0.39, 0.29) is 37.3 Å². The number of hydrogen-bond acceptors (Lipinski definition) is 14.